The predicted molar refractivity (Wildman–Crippen MR) is 58.7 cm³/mol. The fourth-order valence-electron chi connectivity index (χ4n) is 1.01. The molecule has 1 rings (SSSR count). The molecule has 0 aromatic carbocycles. The molecule has 1 unspecified atom stereocenters. The van der Waals surface area contributed by atoms with E-state index in [0.717, 1.165) is 10.9 Å². The van der Waals surface area contributed by atoms with Crippen LogP contribution < -0.4 is 5.32 Å². The Kier molecular flexibility index (Phi) is 4.20. The summed E-state index contributed by atoms with van der Waals surface area (Å²) < 4.78 is 5.07. The molecule has 0 bridgehead atoms. The summed E-state index contributed by atoms with van der Waals surface area (Å²) in [5.41, 5.74) is 0.869. The highest BCUT2D eigenvalue weighted by molar-refractivity contribution is 9.09. The lowest BCUT2D eigenvalue weighted by atomic mass is 10.2. The first-order chi connectivity index (χ1) is 6.65. The maximum absolute atomic E-state index is 11.5. The van der Waals surface area contributed by atoms with Crippen LogP contribution in [0.3, 0.4) is 0 Å². The molecular weight excluding hydrogens is 246 g/mol. The SMILES string of the molecule is Cc1ccoc1C(=O)NCC(C)CBr. The van der Waals surface area contributed by atoms with Crippen molar-refractivity contribution in [3.8, 4) is 0 Å². The highest BCUT2D eigenvalue weighted by Gasteiger charge is 2.12. The van der Waals surface area contributed by atoms with Gasteiger partial charge in [-0.1, -0.05) is 22.9 Å². The lowest BCUT2D eigenvalue weighted by Gasteiger charge is -2.08. The van der Waals surface area contributed by atoms with Crippen LogP contribution in [0.1, 0.15) is 23.0 Å². The molecule has 1 N–H and O–H groups in total. The number of nitrogens with one attached hydrogen (secondary N) is 1. The van der Waals surface area contributed by atoms with Gasteiger partial charge in [0.2, 0.25) is 0 Å². The Morgan fingerprint density at radius 1 is 1.71 bits per heavy atom. The minimum Gasteiger partial charge on any atom is -0.459 e. The largest absolute Gasteiger partial charge is 0.459 e. The molecule has 0 aliphatic heterocycles. The summed E-state index contributed by atoms with van der Waals surface area (Å²) in [4.78, 5) is 11.5. The highest BCUT2D eigenvalue weighted by atomic mass is 79.9. The zero-order valence-corrected chi connectivity index (χ0v) is 9.93. The van der Waals surface area contributed by atoms with Gasteiger partial charge in [0, 0.05) is 17.4 Å². The molecule has 0 radical (unpaired) electrons. The Morgan fingerprint density at radius 3 is 2.93 bits per heavy atom. The molecule has 14 heavy (non-hydrogen) atoms. The van der Waals surface area contributed by atoms with Gasteiger partial charge in [0.15, 0.2) is 5.76 Å². The fraction of sp³-hybridized carbons (Fsp3) is 0.500. The van der Waals surface area contributed by atoms with E-state index in [0.29, 0.717) is 18.2 Å². The number of aryl methyl sites for hydroxylation is 1. The van der Waals surface area contributed by atoms with Crippen LogP contribution in [0.15, 0.2) is 16.7 Å². The molecule has 78 valence electrons. The summed E-state index contributed by atoms with van der Waals surface area (Å²) >= 11 is 3.35. The molecule has 0 saturated heterocycles. The van der Waals surface area contributed by atoms with Gasteiger partial charge in [0.05, 0.1) is 6.26 Å². The van der Waals surface area contributed by atoms with Gasteiger partial charge in [-0.2, -0.15) is 0 Å². The van der Waals surface area contributed by atoms with Gasteiger partial charge in [-0.05, 0) is 18.9 Å². The van der Waals surface area contributed by atoms with Crippen molar-refractivity contribution < 1.29 is 9.21 Å². The van der Waals surface area contributed by atoms with Crippen molar-refractivity contribution in [3.63, 3.8) is 0 Å². The Morgan fingerprint density at radius 2 is 2.43 bits per heavy atom. The van der Waals surface area contributed by atoms with Crippen LogP contribution in [0.5, 0.6) is 0 Å². The lowest BCUT2D eigenvalue weighted by Crippen LogP contribution is -2.28. The van der Waals surface area contributed by atoms with Crippen LogP contribution in [-0.2, 0) is 0 Å². The zero-order valence-electron chi connectivity index (χ0n) is 8.34. The number of alkyl halides is 1. The van der Waals surface area contributed by atoms with E-state index in [1.54, 1.807) is 6.07 Å². The van der Waals surface area contributed by atoms with E-state index in [-0.39, 0.29) is 5.91 Å². The minimum absolute atomic E-state index is 0.139. The van der Waals surface area contributed by atoms with Crippen LogP contribution in [0, 0.1) is 12.8 Å². The molecule has 0 aliphatic carbocycles. The van der Waals surface area contributed by atoms with E-state index in [1.165, 1.54) is 6.26 Å². The first-order valence-corrected chi connectivity index (χ1v) is 5.65. The summed E-state index contributed by atoms with van der Waals surface area (Å²) in [7, 11) is 0. The van der Waals surface area contributed by atoms with Crippen molar-refractivity contribution in [2.24, 2.45) is 5.92 Å². The molecule has 1 amide bonds. The number of carbonyl (C=O) groups is 1. The Balaban J connectivity index is 2.47. The third kappa shape index (κ3) is 2.87. The Bertz CT molecular complexity index is 309. The van der Waals surface area contributed by atoms with Gasteiger partial charge in [0.1, 0.15) is 0 Å². The third-order valence-electron chi connectivity index (χ3n) is 1.94. The second-order valence-electron chi connectivity index (χ2n) is 3.40. The van der Waals surface area contributed by atoms with Crippen LogP contribution >= 0.6 is 15.9 Å². The molecule has 1 atom stereocenters. The van der Waals surface area contributed by atoms with E-state index in [9.17, 15) is 4.79 Å². The maximum atomic E-state index is 11.5. The number of hydrogen-bond donors (Lipinski definition) is 1. The van der Waals surface area contributed by atoms with E-state index >= 15 is 0 Å². The van der Waals surface area contributed by atoms with Crippen molar-refractivity contribution in [3.05, 3.63) is 23.7 Å². The quantitative estimate of drug-likeness (QED) is 0.844. The minimum atomic E-state index is -0.139. The zero-order chi connectivity index (χ0) is 10.6. The molecule has 0 spiro atoms. The number of rotatable bonds is 4. The monoisotopic (exact) mass is 259 g/mol. The summed E-state index contributed by atoms with van der Waals surface area (Å²) in [6.07, 6.45) is 1.53. The summed E-state index contributed by atoms with van der Waals surface area (Å²) in [5, 5.41) is 3.69. The van der Waals surface area contributed by atoms with Crippen LogP contribution in [-0.4, -0.2) is 17.8 Å². The molecule has 1 aromatic rings. The molecule has 4 heteroatoms. The average molecular weight is 260 g/mol. The number of carbonyl (C=O) groups excluding carboxylic acids is 1. The predicted octanol–water partition coefficient (Wildman–Crippen LogP) is 2.35. The molecule has 1 heterocycles. The summed E-state index contributed by atoms with van der Waals surface area (Å²) in [5.74, 6) is 0.696. The molecule has 0 saturated carbocycles. The third-order valence-corrected chi connectivity index (χ3v) is 3.05. The van der Waals surface area contributed by atoms with Gasteiger partial charge < -0.3 is 9.73 Å². The van der Waals surface area contributed by atoms with Crippen molar-refractivity contribution >= 4 is 21.8 Å². The van der Waals surface area contributed by atoms with E-state index in [2.05, 4.69) is 28.2 Å². The van der Waals surface area contributed by atoms with Crippen molar-refractivity contribution in [1.29, 1.82) is 0 Å². The lowest BCUT2D eigenvalue weighted by molar-refractivity contribution is 0.0920. The van der Waals surface area contributed by atoms with Gasteiger partial charge in [-0.3, -0.25) is 4.79 Å². The van der Waals surface area contributed by atoms with E-state index in [1.807, 2.05) is 6.92 Å². The molecule has 0 fully saturated rings. The fourth-order valence-corrected chi connectivity index (χ4v) is 1.24. The van der Waals surface area contributed by atoms with Crippen LogP contribution in [0.25, 0.3) is 0 Å². The maximum Gasteiger partial charge on any atom is 0.287 e. The average Bonchev–Trinajstić information content (AvgIpc) is 2.60. The highest BCUT2D eigenvalue weighted by Crippen LogP contribution is 2.08. The Hall–Kier alpha value is -0.770. The van der Waals surface area contributed by atoms with Crippen molar-refractivity contribution in [2.45, 2.75) is 13.8 Å². The number of furan rings is 1. The van der Waals surface area contributed by atoms with E-state index in [4.69, 9.17) is 4.42 Å². The second-order valence-corrected chi connectivity index (χ2v) is 4.05. The smallest absolute Gasteiger partial charge is 0.287 e. The van der Waals surface area contributed by atoms with Crippen LogP contribution in [0.2, 0.25) is 0 Å². The van der Waals surface area contributed by atoms with Crippen molar-refractivity contribution in [1.82, 2.24) is 5.32 Å². The van der Waals surface area contributed by atoms with Crippen LogP contribution in [0.4, 0.5) is 0 Å². The Labute approximate surface area is 92.0 Å². The normalized spacial score (nSPS) is 12.5. The standard InChI is InChI=1S/C10H14BrNO2/c1-7(5-11)6-12-10(13)9-8(2)3-4-14-9/h3-4,7H,5-6H2,1-2H3,(H,12,13). The number of amides is 1. The van der Waals surface area contributed by atoms with Gasteiger partial charge in [0.25, 0.3) is 5.91 Å². The first kappa shape index (κ1) is 11.3. The first-order valence-electron chi connectivity index (χ1n) is 4.53. The molecule has 1 aromatic heterocycles. The molecular formula is C10H14BrNO2. The van der Waals surface area contributed by atoms with Crippen molar-refractivity contribution in [2.75, 3.05) is 11.9 Å². The van der Waals surface area contributed by atoms with Gasteiger partial charge in [-0.15, -0.1) is 0 Å². The number of halogens is 1. The molecule has 3 nitrogen and oxygen atoms in total. The van der Waals surface area contributed by atoms with Gasteiger partial charge >= 0.3 is 0 Å². The topological polar surface area (TPSA) is 42.2 Å². The van der Waals surface area contributed by atoms with Gasteiger partial charge in [-0.25, -0.2) is 0 Å². The summed E-state index contributed by atoms with van der Waals surface area (Å²) in [6.45, 7) is 4.57. The number of hydrogen-bond acceptors (Lipinski definition) is 2. The van der Waals surface area contributed by atoms with E-state index < -0.39 is 0 Å². The molecule has 0 aliphatic rings. The second kappa shape index (κ2) is 5.20. The summed E-state index contributed by atoms with van der Waals surface area (Å²) in [6, 6.07) is 1.78.